The zero-order chi connectivity index (χ0) is 17.9. The highest BCUT2D eigenvalue weighted by atomic mass is 32.2. The number of anilines is 1. The molecule has 2 aromatic carbocycles. The van der Waals surface area contributed by atoms with Gasteiger partial charge in [0, 0.05) is 0 Å². The molecule has 24 heavy (non-hydrogen) atoms. The molecular weight excluding hydrogens is 328 g/mol. The van der Waals surface area contributed by atoms with E-state index in [2.05, 4.69) is 4.72 Å². The Morgan fingerprint density at radius 3 is 2.42 bits per heavy atom. The number of methoxy groups -OCH3 is 1. The quantitative estimate of drug-likeness (QED) is 0.838. The Kier molecular flexibility index (Phi) is 5.14. The van der Waals surface area contributed by atoms with Crippen LogP contribution in [0.1, 0.15) is 35.7 Å². The molecular formula is C17H20N2O4S. The fraction of sp³-hybridized carbons (Fsp3) is 0.235. The van der Waals surface area contributed by atoms with Crippen molar-refractivity contribution in [2.75, 3.05) is 11.8 Å². The van der Waals surface area contributed by atoms with Gasteiger partial charge in [-0.2, -0.15) is 0 Å². The van der Waals surface area contributed by atoms with Gasteiger partial charge in [0.1, 0.15) is 5.75 Å². The number of carbonyl (C=O) groups excluding carboxylic acids is 1. The lowest BCUT2D eigenvalue weighted by Gasteiger charge is -2.15. The van der Waals surface area contributed by atoms with Crippen molar-refractivity contribution in [1.82, 2.24) is 0 Å². The van der Waals surface area contributed by atoms with Gasteiger partial charge < -0.3 is 10.5 Å². The Balaban J connectivity index is 2.45. The summed E-state index contributed by atoms with van der Waals surface area (Å²) >= 11 is 0. The molecule has 2 aromatic rings. The lowest BCUT2D eigenvalue weighted by molar-refractivity contribution is 0.100. The molecule has 3 N–H and O–H groups in total. The van der Waals surface area contributed by atoms with E-state index < -0.39 is 15.9 Å². The van der Waals surface area contributed by atoms with Crippen LogP contribution in [0.3, 0.4) is 0 Å². The summed E-state index contributed by atoms with van der Waals surface area (Å²) in [5.74, 6) is 0.0143. The summed E-state index contributed by atoms with van der Waals surface area (Å²) < 4.78 is 33.0. The maximum absolute atomic E-state index is 12.6. The highest BCUT2D eigenvalue weighted by Crippen LogP contribution is 2.30. The van der Waals surface area contributed by atoms with E-state index in [0.717, 1.165) is 5.56 Å². The molecule has 0 bridgehead atoms. The second-order valence-corrected chi connectivity index (χ2v) is 7.26. The fourth-order valence-electron chi connectivity index (χ4n) is 2.32. The molecule has 0 saturated heterocycles. The van der Waals surface area contributed by atoms with E-state index >= 15 is 0 Å². The Hall–Kier alpha value is -2.54. The van der Waals surface area contributed by atoms with Crippen LogP contribution in [0, 0.1) is 0 Å². The first-order valence-corrected chi connectivity index (χ1v) is 8.84. The van der Waals surface area contributed by atoms with Crippen LogP contribution < -0.4 is 15.2 Å². The van der Waals surface area contributed by atoms with Gasteiger partial charge in [0.15, 0.2) is 0 Å². The predicted molar refractivity (Wildman–Crippen MR) is 92.9 cm³/mol. The van der Waals surface area contributed by atoms with Gasteiger partial charge in [-0.15, -0.1) is 0 Å². The average molecular weight is 348 g/mol. The van der Waals surface area contributed by atoms with Crippen LogP contribution in [0.25, 0.3) is 0 Å². The first kappa shape index (κ1) is 17.8. The number of primary amides is 1. The van der Waals surface area contributed by atoms with Crippen molar-refractivity contribution in [1.29, 1.82) is 0 Å². The third kappa shape index (κ3) is 3.68. The lowest BCUT2D eigenvalue weighted by atomic mass is 10.0. The van der Waals surface area contributed by atoms with Crippen LogP contribution in [0.5, 0.6) is 5.75 Å². The van der Waals surface area contributed by atoms with Crippen molar-refractivity contribution in [2.45, 2.75) is 24.7 Å². The van der Waals surface area contributed by atoms with Gasteiger partial charge in [-0.05, 0) is 41.8 Å². The summed E-state index contributed by atoms with van der Waals surface area (Å²) in [5, 5.41) is 0. The zero-order valence-electron chi connectivity index (χ0n) is 13.7. The van der Waals surface area contributed by atoms with E-state index in [1.165, 1.54) is 25.3 Å². The minimum atomic E-state index is -3.86. The minimum Gasteiger partial charge on any atom is -0.496 e. The Labute approximate surface area is 141 Å². The number of hydrogen-bond acceptors (Lipinski definition) is 4. The van der Waals surface area contributed by atoms with Crippen molar-refractivity contribution in [3.8, 4) is 5.75 Å². The molecule has 6 nitrogen and oxygen atoms in total. The first-order chi connectivity index (χ1) is 11.3. The van der Waals surface area contributed by atoms with E-state index in [0.29, 0.717) is 5.75 Å². The van der Waals surface area contributed by atoms with E-state index in [9.17, 15) is 13.2 Å². The van der Waals surface area contributed by atoms with Gasteiger partial charge in [-0.1, -0.05) is 26.0 Å². The highest BCUT2D eigenvalue weighted by molar-refractivity contribution is 7.92. The maximum Gasteiger partial charge on any atom is 0.261 e. The molecule has 0 aliphatic heterocycles. The van der Waals surface area contributed by atoms with Gasteiger partial charge in [-0.25, -0.2) is 8.42 Å². The monoisotopic (exact) mass is 348 g/mol. The van der Waals surface area contributed by atoms with Gasteiger partial charge in [0.25, 0.3) is 15.9 Å². The van der Waals surface area contributed by atoms with Crippen LogP contribution in [0.4, 0.5) is 5.69 Å². The smallest absolute Gasteiger partial charge is 0.261 e. The number of nitrogens with one attached hydrogen (secondary N) is 1. The summed E-state index contributed by atoms with van der Waals surface area (Å²) in [7, 11) is -2.33. The standard InChI is InChI=1S/C17H20N2O4S/c1-11(2)14-10-12(8-9-16(14)23-3)24(21,22)19-15-7-5-4-6-13(15)17(18)20/h4-11,19H,1-3H3,(H2,18,20). The van der Waals surface area contributed by atoms with E-state index in [1.807, 2.05) is 13.8 Å². The number of rotatable bonds is 6. The molecule has 0 unspecified atom stereocenters. The molecule has 1 amide bonds. The number of carbonyl (C=O) groups is 1. The van der Waals surface area contributed by atoms with Crippen LogP contribution in [0.15, 0.2) is 47.4 Å². The number of benzene rings is 2. The predicted octanol–water partition coefficient (Wildman–Crippen LogP) is 2.72. The number of para-hydroxylation sites is 1. The third-order valence-corrected chi connectivity index (χ3v) is 4.93. The number of amides is 1. The van der Waals surface area contributed by atoms with Crippen molar-refractivity contribution in [3.05, 3.63) is 53.6 Å². The highest BCUT2D eigenvalue weighted by Gasteiger charge is 2.20. The second kappa shape index (κ2) is 6.92. The van der Waals surface area contributed by atoms with Crippen molar-refractivity contribution < 1.29 is 17.9 Å². The van der Waals surface area contributed by atoms with Gasteiger partial charge >= 0.3 is 0 Å². The van der Waals surface area contributed by atoms with Crippen molar-refractivity contribution in [3.63, 3.8) is 0 Å². The molecule has 0 aliphatic rings. The summed E-state index contributed by atoms with van der Waals surface area (Å²) in [4.78, 5) is 11.5. The molecule has 0 radical (unpaired) electrons. The maximum atomic E-state index is 12.6. The molecule has 0 aliphatic carbocycles. The number of hydrogen-bond donors (Lipinski definition) is 2. The van der Waals surface area contributed by atoms with Crippen LogP contribution >= 0.6 is 0 Å². The summed E-state index contributed by atoms with van der Waals surface area (Å²) in [5.41, 5.74) is 6.32. The Morgan fingerprint density at radius 1 is 1.17 bits per heavy atom. The van der Waals surface area contributed by atoms with Gasteiger partial charge in [0.05, 0.1) is 23.3 Å². The summed E-state index contributed by atoms with van der Waals surface area (Å²) in [6, 6.07) is 10.8. The van der Waals surface area contributed by atoms with Gasteiger partial charge in [0.2, 0.25) is 0 Å². The molecule has 0 heterocycles. The van der Waals surface area contributed by atoms with E-state index in [4.69, 9.17) is 10.5 Å². The van der Waals surface area contributed by atoms with Crippen LogP contribution in [-0.2, 0) is 10.0 Å². The Bertz CT molecular complexity index is 861. The molecule has 128 valence electrons. The molecule has 0 saturated carbocycles. The Morgan fingerprint density at radius 2 is 1.83 bits per heavy atom. The van der Waals surface area contributed by atoms with Gasteiger partial charge in [-0.3, -0.25) is 9.52 Å². The average Bonchev–Trinajstić information content (AvgIpc) is 2.54. The minimum absolute atomic E-state index is 0.0891. The zero-order valence-corrected chi connectivity index (χ0v) is 14.6. The largest absolute Gasteiger partial charge is 0.496 e. The molecule has 2 rings (SSSR count). The summed E-state index contributed by atoms with van der Waals surface area (Å²) in [6.45, 7) is 3.90. The van der Waals surface area contributed by atoms with Crippen molar-refractivity contribution >= 4 is 21.6 Å². The second-order valence-electron chi connectivity index (χ2n) is 5.57. The van der Waals surface area contributed by atoms with Crippen LogP contribution in [-0.4, -0.2) is 21.4 Å². The molecule has 0 aromatic heterocycles. The lowest BCUT2D eigenvalue weighted by Crippen LogP contribution is -2.18. The molecule has 7 heteroatoms. The number of sulfonamides is 1. The number of nitrogens with two attached hydrogens (primary N) is 1. The fourth-order valence-corrected chi connectivity index (χ4v) is 3.44. The topological polar surface area (TPSA) is 98.5 Å². The summed E-state index contributed by atoms with van der Waals surface area (Å²) in [6.07, 6.45) is 0. The van der Waals surface area contributed by atoms with Crippen LogP contribution in [0.2, 0.25) is 0 Å². The molecule has 0 fully saturated rings. The molecule has 0 spiro atoms. The number of ether oxygens (including phenoxy) is 1. The SMILES string of the molecule is COc1ccc(S(=O)(=O)Nc2ccccc2C(N)=O)cc1C(C)C. The first-order valence-electron chi connectivity index (χ1n) is 7.36. The van der Waals surface area contributed by atoms with E-state index in [1.54, 1.807) is 24.3 Å². The third-order valence-electron chi connectivity index (χ3n) is 3.57. The normalized spacial score (nSPS) is 11.3. The van der Waals surface area contributed by atoms with E-state index in [-0.39, 0.29) is 22.1 Å². The van der Waals surface area contributed by atoms with Crippen molar-refractivity contribution in [2.24, 2.45) is 5.73 Å². The molecule has 0 atom stereocenters.